The van der Waals surface area contributed by atoms with E-state index in [9.17, 15) is 14.0 Å². The molecule has 0 atom stereocenters. The number of anilines is 1. The number of rotatable bonds is 4. The van der Waals surface area contributed by atoms with Crippen molar-refractivity contribution >= 4 is 34.4 Å². The molecule has 0 spiro atoms. The maximum Gasteiger partial charge on any atom is 0.338 e. The molecule has 0 aliphatic heterocycles. The van der Waals surface area contributed by atoms with Crippen molar-refractivity contribution in [2.45, 2.75) is 13.8 Å². The van der Waals surface area contributed by atoms with Gasteiger partial charge in [0.2, 0.25) is 11.6 Å². The lowest BCUT2D eigenvalue weighted by Gasteiger charge is -2.17. The molecule has 0 aliphatic rings. The van der Waals surface area contributed by atoms with Crippen molar-refractivity contribution in [3.05, 3.63) is 57.7 Å². The summed E-state index contributed by atoms with van der Waals surface area (Å²) in [5.74, 6) is -0.184. The molecule has 3 aromatic rings. The third-order valence-corrected chi connectivity index (χ3v) is 4.18. The van der Waals surface area contributed by atoms with Crippen LogP contribution in [-0.4, -0.2) is 31.5 Å². The lowest BCUT2D eigenvalue weighted by atomic mass is 10.0. The van der Waals surface area contributed by atoms with E-state index in [1.807, 2.05) is 13.8 Å². The lowest BCUT2D eigenvalue weighted by Crippen LogP contribution is -2.33. The second-order valence-electron chi connectivity index (χ2n) is 5.65. The summed E-state index contributed by atoms with van der Waals surface area (Å²) < 4.78 is 18.5. The zero-order chi connectivity index (χ0) is 20.8. The van der Waals surface area contributed by atoms with Crippen molar-refractivity contribution < 1.29 is 13.6 Å². The topological polar surface area (TPSA) is 75.4 Å². The van der Waals surface area contributed by atoms with Gasteiger partial charge < -0.3 is 14.6 Å². The van der Waals surface area contributed by atoms with Crippen LogP contribution < -0.4 is 15.8 Å². The molecule has 1 aromatic carbocycles. The molecule has 2 aromatic heterocycles. The Morgan fingerprint density at radius 2 is 1.93 bits per heavy atom. The predicted octanol–water partition coefficient (Wildman–Crippen LogP) is 3.86. The first kappa shape index (κ1) is 21.4. The molecule has 0 saturated carbocycles. The highest BCUT2D eigenvalue weighted by molar-refractivity contribution is 6.33. The molecule has 0 saturated heterocycles. The molecular formula is C20H21ClFN3O3. The fraction of sp³-hybridized carbons (Fsp3) is 0.250. The van der Waals surface area contributed by atoms with Gasteiger partial charge in [0.25, 0.3) is 0 Å². The Hall–Kier alpha value is -2.93. The van der Waals surface area contributed by atoms with Crippen LogP contribution in [0.4, 0.5) is 10.2 Å². The molecule has 0 radical (unpaired) electrons. The van der Waals surface area contributed by atoms with E-state index < -0.39 is 11.4 Å². The van der Waals surface area contributed by atoms with Crippen LogP contribution >= 0.6 is 11.6 Å². The quantitative estimate of drug-likeness (QED) is 0.713. The van der Waals surface area contributed by atoms with Gasteiger partial charge in [0.1, 0.15) is 11.6 Å². The Morgan fingerprint density at radius 3 is 2.57 bits per heavy atom. The normalized spacial score (nSPS) is 10.2. The minimum Gasteiger partial charge on any atom is -0.404 e. The zero-order valence-corrected chi connectivity index (χ0v) is 16.8. The Morgan fingerprint density at radius 1 is 1.21 bits per heavy atom. The van der Waals surface area contributed by atoms with Crippen LogP contribution in [0.15, 0.2) is 45.6 Å². The van der Waals surface area contributed by atoms with Gasteiger partial charge in [0.15, 0.2) is 0 Å². The molecule has 148 valence electrons. The fourth-order valence-electron chi connectivity index (χ4n) is 2.55. The van der Waals surface area contributed by atoms with Gasteiger partial charge in [-0.2, -0.15) is 4.98 Å². The number of benzene rings is 1. The highest BCUT2D eigenvalue weighted by atomic mass is 35.5. The fourth-order valence-corrected chi connectivity index (χ4v) is 2.82. The second-order valence-corrected chi connectivity index (χ2v) is 6.06. The number of nitrogens with zero attached hydrogens (tertiary/aromatic N) is 2. The summed E-state index contributed by atoms with van der Waals surface area (Å²) in [6.07, 6.45) is 0. The second kappa shape index (κ2) is 9.32. The number of carbonyl (C=O) groups is 1. The molecular weight excluding hydrogens is 385 g/mol. The maximum absolute atomic E-state index is 13.3. The largest absolute Gasteiger partial charge is 0.404 e. The summed E-state index contributed by atoms with van der Waals surface area (Å²) in [7, 11) is 3.24. The van der Waals surface area contributed by atoms with Crippen molar-refractivity contribution in [1.29, 1.82) is 0 Å². The van der Waals surface area contributed by atoms with Crippen molar-refractivity contribution in [1.82, 2.24) is 10.3 Å². The molecule has 8 heteroatoms. The molecule has 0 unspecified atom stereocenters. The van der Waals surface area contributed by atoms with Gasteiger partial charge in [-0.1, -0.05) is 25.4 Å². The Bertz CT molecular complexity index is 1050. The third-order valence-electron chi connectivity index (χ3n) is 3.87. The highest BCUT2D eigenvalue weighted by Crippen LogP contribution is 2.33. The molecule has 28 heavy (non-hydrogen) atoms. The number of aromatic nitrogens is 1. The van der Waals surface area contributed by atoms with Crippen LogP contribution in [0.25, 0.3) is 22.2 Å². The first-order valence-electron chi connectivity index (χ1n) is 8.71. The van der Waals surface area contributed by atoms with Crippen LogP contribution in [0, 0.1) is 5.82 Å². The number of amides is 1. The van der Waals surface area contributed by atoms with Crippen LogP contribution in [0.3, 0.4) is 0 Å². The molecule has 3 rings (SSSR count). The van der Waals surface area contributed by atoms with E-state index in [1.54, 1.807) is 31.1 Å². The Balaban J connectivity index is 0.00000136. The number of pyridine rings is 1. The van der Waals surface area contributed by atoms with Crippen LogP contribution in [0.1, 0.15) is 13.8 Å². The summed E-state index contributed by atoms with van der Waals surface area (Å²) in [6, 6.07) is 8.65. The van der Waals surface area contributed by atoms with Crippen molar-refractivity contribution in [3.63, 3.8) is 0 Å². The molecule has 0 bridgehead atoms. The third kappa shape index (κ3) is 4.67. The van der Waals surface area contributed by atoms with Gasteiger partial charge in [-0.3, -0.25) is 4.79 Å². The van der Waals surface area contributed by atoms with Gasteiger partial charge >= 0.3 is 5.63 Å². The lowest BCUT2D eigenvalue weighted by molar-refractivity contribution is -0.119. The molecule has 6 nitrogen and oxygen atoms in total. The Kier molecular flexibility index (Phi) is 7.12. The number of halogens is 2. The van der Waals surface area contributed by atoms with E-state index in [2.05, 4.69) is 10.3 Å². The smallest absolute Gasteiger partial charge is 0.338 e. The van der Waals surface area contributed by atoms with Crippen LogP contribution in [-0.2, 0) is 4.79 Å². The molecule has 1 N–H and O–H groups in total. The van der Waals surface area contributed by atoms with E-state index >= 15 is 0 Å². The van der Waals surface area contributed by atoms with Gasteiger partial charge in [-0.25, -0.2) is 9.18 Å². The SMILES string of the molecule is CC.CNC(=O)CN(C)c1ccc2c(-c3ccc(F)cc3Cl)cc(=O)oc2n1. The highest BCUT2D eigenvalue weighted by Gasteiger charge is 2.15. The number of fused-ring (bicyclic) bond motifs is 1. The number of carbonyl (C=O) groups excluding carboxylic acids is 1. The van der Waals surface area contributed by atoms with Gasteiger partial charge in [0, 0.05) is 36.7 Å². The van der Waals surface area contributed by atoms with Crippen LogP contribution in [0.2, 0.25) is 5.02 Å². The first-order valence-corrected chi connectivity index (χ1v) is 9.09. The molecule has 0 fully saturated rings. The van der Waals surface area contributed by atoms with Crippen molar-refractivity contribution in [2.75, 3.05) is 25.5 Å². The first-order chi connectivity index (χ1) is 13.4. The van der Waals surface area contributed by atoms with Gasteiger partial charge in [-0.05, 0) is 30.3 Å². The summed E-state index contributed by atoms with van der Waals surface area (Å²) in [5.41, 5.74) is 0.495. The summed E-state index contributed by atoms with van der Waals surface area (Å²) in [6.45, 7) is 4.10. The molecule has 0 aliphatic carbocycles. The van der Waals surface area contributed by atoms with E-state index in [4.69, 9.17) is 16.0 Å². The van der Waals surface area contributed by atoms with Crippen molar-refractivity contribution in [3.8, 4) is 11.1 Å². The summed E-state index contributed by atoms with van der Waals surface area (Å²) >= 11 is 6.13. The summed E-state index contributed by atoms with van der Waals surface area (Å²) in [4.78, 5) is 29.4. The molecule has 1 amide bonds. The van der Waals surface area contributed by atoms with E-state index in [0.717, 1.165) is 0 Å². The Labute approximate surface area is 166 Å². The average Bonchev–Trinajstić information content (AvgIpc) is 2.68. The minimum atomic E-state index is -0.605. The monoisotopic (exact) mass is 405 g/mol. The number of likely N-dealkylation sites (N-methyl/N-ethyl adjacent to an activating group) is 2. The number of hydrogen-bond donors (Lipinski definition) is 1. The minimum absolute atomic E-state index is 0.0999. The predicted molar refractivity (Wildman–Crippen MR) is 109 cm³/mol. The molecule has 2 heterocycles. The van der Waals surface area contributed by atoms with Crippen LogP contribution in [0.5, 0.6) is 0 Å². The average molecular weight is 406 g/mol. The van der Waals surface area contributed by atoms with Crippen molar-refractivity contribution in [2.24, 2.45) is 0 Å². The standard InChI is InChI=1S/C18H15ClFN3O3.C2H6/c1-21-16(24)9-23(2)15-6-5-12-13(8-17(25)26-18(12)22-15)11-4-3-10(20)7-14(11)19;1-2/h3-8H,9H2,1-2H3,(H,21,24);1-2H3. The van der Waals surface area contributed by atoms with Gasteiger partial charge in [-0.15, -0.1) is 0 Å². The van der Waals surface area contributed by atoms with E-state index in [0.29, 0.717) is 22.3 Å². The number of nitrogens with one attached hydrogen (secondary N) is 1. The van der Waals surface area contributed by atoms with E-state index in [1.165, 1.54) is 24.3 Å². The summed E-state index contributed by atoms with van der Waals surface area (Å²) in [5, 5.41) is 3.26. The number of hydrogen-bond acceptors (Lipinski definition) is 5. The van der Waals surface area contributed by atoms with E-state index in [-0.39, 0.29) is 23.2 Å². The maximum atomic E-state index is 13.3. The van der Waals surface area contributed by atoms with Gasteiger partial charge in [0.05, 0.1) is 11.6 Å². The zero-order valence-electron chi connectivity index (χ0n) is 16.0.